The molecule has 176 valence electrons. The van der Waals surface area contributed by atoms with Crippen molar-refractivity contribution in [3.63, 3.8) is 0 Å². The molecule has 0 aliphatic heterocycles. The van der Waals surface area contributed by atoms with Crippen LogP contribution in [0.4, 0.5) is 5.69 Å². The maximum atomic E-state index is 13.9. The van der Waals surface area contributed by atoms with Crippen LogP contribution in [0.25, 0.3) is 0 Å². The molecule has 1 unspecified atom stereocenters. The highest BCUT2D eigenvalue weighted by molar-refractivity contribution is 7.89. The van der Waals surface area contributed by atoms with E-state index in [1.54, 1.807) is 12.1 Å². The smallest absolute Gasteiger partial charge is 0.242 e. The van der Waals surface area contributed by atoms with Gasteiger partial charge in [0.25, 0.3) is 0 Å². The summed E-state index contributed by atoms with van der Waals surface area (Å²) in [5.41, 5.74) is 0.0788. The molecule has 0 saturated heterocycles. The van der Waals surface area contributed by atoms with Crippen LogP contribution in [0.1, 0.15) is 68.3 Å². The maximum absolute atomic E-state index is 13.9. The van der Waals surface area contributed by atoms with Crippen molar-refractivity contribution < 1.29 is 22.8 Å². The Kier molecular flexibility index (Phi) is 7.49. The van der Waals surface area contributed by atoms with Crippen molar-refractivity contribution >= 4 is 33.2 Å². The Morgan fingerprint density at radius 2 is 1.55 bits per heavy atom. The average molecular weight is 471 g/mol. The van der Waals surface area contributed by atoms with Gasteiger partial charge in [-0.2, -0.15) is 0 Å². The third-order valence-electron chi connectivity index (χ3n) is 6.33. The Hall–Kier alpha value is -2.84. The van der Waals surface area contributed by atoms with Gasteiger partial charge in [-0.05, 0) is 30.5 Å². The normalized spacial score (nSPS) is 17.5. The van der Waals surface area contributed by atoms with Crippen LogP contribution in [0.2, 0.25) is 0 Å². The van der Waals surface area contributed by atoms with E-state index in [0.29, 0.717) is 24.0 Å². The number of benzene rings is 2. The lowest BCUT2D eigenvalue weighted by Gasteiger charge is -2.40. The number of unbranched alkanes of at least 4 members (excludes halogenated alkanes) is 2. The van der Waals surface area contributed by atoms with E-state index in [-0.39, 0.29) is 10.6 Å². The molecule has 1 amide bonds. The van der Waals surface area contributed by atoms with Gasteiger partial charge in [0.1, 0.15) is 4.90 Å². The standard InChI is InChI=1S/C25H30N2O5S/c1-3-5-15-25(16-6-4-2)18-12-8-7-11-17(18)22(28)21(23(25)29)24(30)27-19-13-9-10-14-20(19)33(26,31)32/h7-14,21H,3-6,15-16H2,1-2H3,(H,27,30)(H2,26,31,32). The summed E-state index contributed by atoms with van der Waals surface area (Å²) in [6.45, 7) is 4.07. The number of Topliss-reactive ketones (excluding diaryl/α,β-unsaturated/α-hetero) is 2. The number of anilines is 1. The quantitative estimate of drug-likeness (QED) is 0.537. The molecule has 1 aliphatic carbocycles. The van der Waals surface area contributed by atoms with Crippen LogP contribution in [0.15, 0.2) is 53.4 Å². The van der Waals surface area contributed by atoms with E-state index in [1.807, 2.05) is 26.0 Å². The number of para-hydroxylation sites is 1. The third kappa shape index (κ3) is 4.77. The highest BCUT2D eigenvalue weighted by Crippen LogP contribution is 2.44. The lowest BCUT2D eigenvalue weighted by molar-refractivity contribution is -0.134. The molecule has 2 aromatic carbocycles. The van der Waals surface area contributed by atoms with E-state index in [4.69, 9.17) is 5.14 Å². The molecule has 3 N–H and O–H groups in total. The molecule has 3 rings (SSSR count). The summed E-state index contributed by atoms with van der Waals surface area (Å²) in [5.74, 6) is -3.38. The number of carbonyl (C=O) groups excluding carboxylic acids is 3. The summed E-state index contributed by atoms with van der Waals surface area (Å²) >= 11 is 0. The molecule has 0 radical (unpaired) electrons. The molecular formula is C25H30N2O5S. The number of carbonyl (C=O) groups is 3. The Labute approximate surface area is 194 Å². The minimum absolute atomic E-state index is 0.0582. The van der Waals surface area contributed by atoms with E-state index in [0.717, 1.165) is 25.7 Å². The molecule has 33 heavy (non-hydrogen) atoms. The summed E-state index contributed by atoms with van der Waals surface area (Å²) < 4.78 is 23.9. The zero-order valence-corrected chi connectivity index (χ0v) is 19.8. The highest BCUT2D eigenvalue weighted by Gasteiger charge is 2.53. The van der Waals surface area contributed by atoms with E-state index in [1.165, 1.54) is 24.3 Å². The van der Waals surface area contributed by atoms with Gasteiger partial charge in [0.15, 0.2) is 17.5 Å². The van der Waals surface area contributed by atoms with Gasteiger partial charge in [-0.1, -0.05) is 75.9 Å². The van der Waals surface area contributed by atoms with Crippen LogP contribution in [0.5, 0.6) is 0 Å². The largest absolute Gasteiger partial charge is 0.324 e. The second-order valence-electron chi connectivity index (χ2n) is 8.53. The van der Waals surface area contributed by atoms with Crippen molar-refractivity contribution in [2.45, 2.75) is 62.7 Å². The van der Waals surface area contributed by atoms with Gasteiger partial charge in [0.2, 0.25) is 15.9 Å². The first-order valence-electron chi connectivity index (χ1n) is 11.3. The molecule has 8 heteroatoms. The summed E-state index contributed by atoms with van der Waals surface area (Å²) in [6.07, 6.45) is 4.39. The summed E-state index contributed by atoms with van der Waals surface area (Å²) in [5, 5.41) is 7.76. The van der Waals surface area contributed by atoms with Gasteiger partial charge in [-0.3, -0.25) is 14.4 Å². The van der Waals surface area contributed by atoms with Gasteiger partial charge < -0.3 is 5.32 Å². The van der Waals surface area contributed by atoms with E-state index in [2.05, 4.69) is 5.32 Å². The lowest BCUT2D eigenvalue weighted by atomic mass is 9.60. The molecule has 0 fully saturated rings. The summed E-state index contributed by atoms with van der Waals surface area (Å²) in [7, 11) is -4.12. The minimum Gasteiger partial charge on any atom is -0.324 e. The van der Waals surface area contributed by atoms with Crippen molar-refractivity contribution in [1.82, 2.24) is 0 Å². The molecule has 0 aromatic heterocycles. The van der Waals surface area contributed by atoms with Crippen LogP contribution in [0.3, 0.4) is 0 Å². The van der Waals surface area contributed by atoms with E-state index in [9.17, 15) is 22.8 Å². The number of nitrogens with one attached hydrogen (secondary N) is 1. The number of rotatable bonds is 9. The Bertz CT molecular complexity index is 1160. The number of hydrogen-bond acceptors (Lipinski definition) is 5. The van der Waals surface area contributed by atoms with Gasteiger partial charge in [-0.15, -0.1) is 0 Å². The van der Waals surface area contributed by atoms with Crippen LogP contribution >= 0.6 is 0 Å². The molecule has 7 nitrogen and oxygen atoms in total. The molecule has 2 aromatic rings. The second kappa shape index (κ2) is 9.97. The predicted octanol–water partition coefficient (Wildman–Crippen LogP) is 3.97. The Balaban J connectivity index is 2.09. The van der Waals surface area contributed by atoms with Gasteiger partial charge in [0, 0.05) is 5.56 Å². The number of nitrogens with two attached hydrogens (primary N) is 1. The first kappa shape index (κ1) is 24.8. The molecular weight excluding hydrogens is 440 g/mol. The fourth-order valence-corrected chi connectivity index (χ4v) is 5.35. The van der Waals surface area contributed by atoms with Crippen LogP contribution in [0, 0.1) is 5.92 Å². The molecule has 1 aliphatic rings. The number of amides is 1. The lowest BCUT2D eigenvalue weighted by Crippen LogP contribution is -2.52. The number of ketones is 2. The molecule has 0 bridgehead atoms. The summed E-state index contributed by atoms with van der Waals surface area (Å²) in [6, 6.07) is 12.7. The van der Waals surface area contributed by atoms with E-state index < -0.39 is 38.8 Å². The zero-order chi connectivity index (χ0) is 24.2. The minimum atomic E-state index is -4.12. The predicted molar refractivity (Wildman–Crippen MR) is 126 cm³/mol. The maximum Gasteiger partial charge on any atom is 0.242 e. The number of fused-ring (bicyclic) bond motifs is 1. The van der Waals surface area contributed by atoms with E-state index >= 15 is 0 Å². The monoisotopic (exact) mass is 470 g/mol. The fraction of sp³-hybridized carbons (Fsp3) is 0.400. The molecule has 1 atom stereocenters. The van der Waals surface area contributed by atoms with Crippen molar-refractivity contribution in [3.05, 3.63) is 59.7 Å². The first-order valence-corrected chi connectivity index (χ1v) is 12.8. The first-order chi connectivity index (χ1) is 15.7. The Morgan fingerprint density at radius 3 is 2.15 bits per heavy atom. The van der Waals surface area contributed by atoms with Crippen LogP contribution in [-0.4, -0.2) is 25.9 Å². The summed E-state index contributed by atoms with van der Waals surface area (Å²) in [4.78, 5) is 40.3. The zero-order valence-electron chi connectivity index (χ0n) is 19.0. The van der Waals surface area contributed by atoms with Crippen LogP contribution < -0.4 is 10.5 Å². The van der Waals surface area contributed by atoms with Gasteiger partial charge >= 0.3 is 0 Å². The fourth-order valence-electron chi connectivity index (χ4n) is 4.66. The van der Waals surface area contributed by atoms with Crippen molar-refractivity contribution in [1.29, 1.82) is 0 Å². The highest BCUT2D eigenvalue weighted by atomic mass is 32.2. The van der Waals surface area contributed by atoms with Gasteiger partial charge in [0.05, 0.1) is 11.1 Å². The average Bonchev–Trinajstić information content (AvgIpc) is 2.78. The number of sulfonamides is 1. The van der Waals surface area contributed by atoms with Crippen molar-refractivity contribution in [2.75, 3.05) is 5.32 Å². The SMILES string of the molecule is CCCCC1(CCCC)C(=O)C(C(=O)Nc2ccccc2S(N)(=O)=O)C(=O)c2ccccc21. The van der Waals surface area contributed by atoms with Gasteiger partial charge in [-0.25, -0.2) is 13.6 Å². The Morgan fingerprint density at radius 1 is 0.970 bits per heavy atom. The molecule has 0 spiro atoms. The molecule has 0 saturated carbocycles. The third-order valence-corrected chi connectivity index (χ3v) is 7.30. The van der Waals surface area contributed by atoms with Crippen LogP contribution in [-0.2, 0) is 25.0 Å². The molecule has 0 heterocycles. The topological polar surface area (TPSA) is 123 Å². The van der Waals surface area contributed by atoms with Crippen molar-refractivity contribution in [2.24, 2.45) is 11.1 Å². The second-order valence-corrected chi connectivity index (χ2v) is 10.1. The van der Waals surface area contributed by atoms with Crippen molar-refractivity contribution in [3.8, 4) is 0 Å². The number of primary sulfonamides is 1. The number of hydrogen-bond donors (Lipinski definition) is 2.